The molecule has 0 unspecified atom stereocenters. The van der Waals surface area contributed by atoms with Crippen LogP contribution >= 0.6 is 22.6 Å². The van der Waals surface area contributed by atoms with Crippen molar-refractivity contribution in [2.75, 3.05) is 7.11 Å². The smallest absolute Gasteiger partial charge is 0.196 e. The average Bonchev–Trinajstić information content (AvgIpc) is 2.39. The largest absolute Gasteiger partial charge is 0.494 e. The van der Waals surface area contributed by atoms with Crippen LogP contribution in [-0.4, -0.2) is 12.9 Å². The number of carbonyl (C=O) groups excluding carboxylic acids is 1. The van der Waals surface area contributed by atoms with E-state index < -0.39 is 5.82 Å². The van der Waals surface area contributed by atoms with E-state index in [4.69, 9.17) is 4.74 Å². The number of ether oxygens (including phenoxy) is 1. The van der Waals surface area contributed by atoms with Gasteiger partial charge in [0.25, 0.3) is 0 Å². The Morgan fingerprint density at radius 2 is 1.83 bits per heavy atom. The van der Waals surface area contributed by atoms with E-state index in [-0.39, 0.29) is 17.1 Å². The van der Waals surface area contributed by atoms with Crippen LogP contribution in [-0.2, 0) is 0 Å². The number of rotatable bonds is 3. The number of benzene rings is 2. The van der Waals surface area contributed by atoms with Gasteiger partial charge in [-0.3, -0.25) is 4.79 Å². The number of ketones is 1. The van der Waals surface area contributed by atoms with Crippen molar-refractivity contribution >= 4 is 28.4 Å². The molecule has 0 aliphatic rings. The Balaban J connectivity index is 2.43. The molecule has 0 spiro atoms. The van der Waals surface area contributed by atoms with E-state index in [2.05, 4.69) is 22.6 Å². The maximum Gasteiger partial charge on any atom is 0.196 e. The van der Waals surface area contributed by atoms with Crippen molar-refractivity contribution in [2.24, 2.45) is 0 Å². The highest BCUT2D eigenvalue weighted by atomic mass is 127. The highest BCUT2D eigenvalue weighted by Gasteiger charge is 2.16. The van der Waals surface area contributed by atoms with E-state index in [0.717, 1.165) is 3.57 Å². The SMILES string of the molecule is COc1cccc(C(=O)c2ccc(I)cc2)c1F. The summed E-state index contributed by atoms with van der Waals surface area (Å²) in [4.78, 5) is 12.1. The standard InChI is InChI=1S/C14H10FIO2/c1-18-12-4-2-3-11(13(12)15)14(17)9-5-7-10(16)8-6-9/h2-8H,1H3. The predicted octanol–water partition coefficient (Wildman–Crippen LogP) is 3.67. The van der Waals surface area contributed by atoms with Crippen LogP contribution in [0.25, 0.3) is 0 Å². The zero-order valence-electron chi connectivity index (χ0n) is 9.61. The lowest BCUT2D eigenvalue weighted by atomic mass is 10.0. The second-order valence-corrected chi connectivity index (χ2v) is 4.90. The molecule has 0 saturated heterocycles. The molecule has 0 amide bonds. The van der Waals surface area contributed by atoms with Crippen molar-refractivity contribution < 1.29 is 13.9 Å². The molecule has 0 heterocycles. The Morgan fingerprint density at radius 3 is 2.44 bits per heavy atom. The third-order valence-corrected chi connectivity index (χ3v) is 3.25. The van der Waals surface area contributed by atoms with Gasteiger partial charge >= 0.3 is 0 Å². The quantitative estimate of drug-likeness (QED) is 0.620. The Labute approximate surface area is 118 Å². The molecule has 2 rings (SSSR count). The number of methoxy groups -OCH3 is 1. The second-order valence-electron chi connectivity index (χ2n) is 3.66. The van der Waals surface area contributed by atoms with Gasteiger partial charge < -0.3 is 4.74 Å². The summed E-state index contributed by atoms with van der Waals surface area (Å²) in [6.45, 7) is 0. The number of hydrogen-bond donors (Lipinski definition) is 0. The molecule has 0 bridgehead atoms. The Hall–Kier alpha value is -1.43. The fourth-order valence-electron chi connectivity index (χ4n) is 1.60. The Morgan fingerprint density at radius 1 is 1.17 bits per heavy atom. The van der Waals surface area contributed by atoms with Gasteiger partial charge in [-0.1, -0.05) is 6.07 Å². The van der Waals surface area contributed by atoms with E-state index in [1.54, 1.807) is 18.2 Å². The first-order valence-corrected chi connectivity index (χ1v) is 6.34. The first-order valence-electron chi connectivity index (χ1n) is 5.26. The average molecular weight is 356 g/mol. The van der Waals surface area contributed by atoms with E-state index in [1.165, 1.54) is 19.2 Å². The highest BCUT2D eigenvalue weighted by Crippen LogP contribution is 2.22. The summed E-state index contributed by atoms with van der Waals surface area (Å²) in [5.41, 5.74) is 0.484. The first kappa shape index (κ1) is 13.0. The van der Waals surface area contributed by atoms with Gasteiger partial charge in [-0.25, -0.2) is 4.39 Å². The van der Waals surface area contributed by atoms with E-state index in [1.807, 2.05) is 12.1 Å². The summed E-state index contributed by atoms with van der Waals surface area (Å²) in [5.74, 6) is -0.891. The molecule has 0 aromatic heterocycles. The third kappa shape index (κ3) is 2.53. The molecule has 0 aliphatic carbocycles. The van der Waals surface area contributed by atoms with Crippen LogP contribution in [0.5, 0.6) is 5.75 Å². The zero-order chi connectivity index (χ0) is 13.1. The van der Waals surface area contributed by atoms with Crippen LogP contribution in [0.15, 0.2) is 42.5 Å². The van der Waals surface area contributed by atoms with Crippen molar-refractivity contribution in [1.82, 2.24) is 0 Å². The monoisotopic (exact) mass is 356 g/mol. The van der Waals surface area contributed by atoms with Crippen molar-refractivity contribution in [3.05, 3.63) is 63.0 Å². The van der Waals surface area contributed by atoms with Crippen LogP contribution < -0.4 is 4.74 Å². The third-order valence-electron chi connectivity index (χ3n) is 2.53. The fourth-order valence-corrected chi connectivity index (χ4v) is 1.96. The van der Waals surface area contributed by atoms with Gasteiger partial charge in [0.1, 0.15) is 0 Å². The first-order chi connectivity index (χ1) is 8.63. The van der Waals surface area contributed by atoms with Crippen LogP contribution in [0.2, 0.25) is 0 Å². The fraction of sp³-hybridized carbons (Fsp3) is 0.0714. The molecule has 0 atom stereocenters. The molecule has 0 N–H and O–H groups in total. The summed E-state index contributed by atoms with van der Waals surface area (Å²) >= 11 is 2.15. The molecule has 0 saturated carbocycles. The van der Waals surface area contributed by atoms with Crippen molar-refractivity contribution in [3.63, 3.8) is 0 Å². The van der Waals surface area contributed by atoms with Gasteiger partial charge in [-0.05, 0) is 59.0 Å². The van der Waals surface area contributed by atoms with Crippen LogP contribution in [0.4, 0.5) is 4.39 Å². The van der Waals surface area contributed by atoms with E-state index in [9.17, 15) is 9.18 Å². The zero-order valence-corrected chi connectivity index (χ0v) is 11.8. The topological polar surface area (TPSA) is 26.3 Å². The molecule has 0 radical (unpaired) electrons. The molecule has 18 heavy (non-hydrogen) atoms. The molecule has 4 heteroatoms. The number of hydrogen-bond acceptors (Lipinski definition) is 2. The summed E-state index contributed by atoms with van der Waals surface area (Å²) in [6, 6.07) is 11.5. The number of carbonyl (C=O) groups is 1. The lowest BCUT2D eigenvalue weighted by Gasteiger charge is -2.06. The van der Waals surface area contributed by atoms with E-state index >= 15 is 0 Å². The Bertz CT molecular complexity index is 579. The lowest BCUT2D eigenvalue weighted by molar-refractivity contribution is 0.103. The molecule has 2 aromatic rings. The summed E-state index contributed by atoms with van der Waals surface area (Å²) in [6.07, 6.45) is 0. The van der Waals surface area contributed by atoms with Crippen LogP contribution in [0, 0.1) is 9.39 Å². The minimum Gasteiger partial charge on any atom is -0.494 e. The highest BCUT2D eigenvalue weighted by molar-refractivity contribution is 14.1. The molecular formula is C14H10FIO2. The van der Waals surface area contributed by atoms with Crippen molar-refractivity contribution in [1.29, 1.82) is 0 Å². The molecule has 0 aliphatic heterocycles. The molecular weight excluding hydrogens is 346 g/mol. The molecule has 92 valence electrons. The molecule has 0 fully saturated rings. The van der Waals surface area contributed by atoms with Crippen molar-refractivity contribution in [3.8, 4) is 5.75 Å². The van der Waals surface area contributed by atoms with Gasteiger partial charge in [-0.2, -0.15) is 0 Å². The van der Waals surface area contributed by atoms with Gasteiger partial charge in [0.15, 0.2) is 17.3 Å². The molecule has 2 nitrogen and oxygen atoms in total. The van der Waals surface area contributed by atoms with Crippen LogP contribution in [0.1, 0.15) is 15.9 Å². The lowest BCUT2D eigenvalue weighted by Crippen LogP contribution is -2.05. The second kappa shape index (κ2) is 5.48. The number of halogens is 2. The summed E-state index contributed by atoms with van der Waals surface area (Å²) < 4.78 is 19.8. The summed E-state index contributed by atoms with van der Waals surface area (Å²) in [7, 11) is 1.37. The maximum atomic E-state index is 13.9. The van der Waals surface area contributed by atoms with E-state index in [0.29, 0.717) is 5.56 Å². The van der Waals surface area contributed by atoms with Gasteiger partial charge in [0.05, 0.1) is 12.7 Å². The maximum absolute atomic E-state index is 13.9. The summed E-state index contributed by atoms with van der Waals surface area (Å²) in [5, 5.41) is 0. The minimum atomic E-state index is -0.622. The minimum absolute atomic E-state index is 0.0237. The van der Waals surface area contributed by atoms with Crippen molar-refractivity contribution in [2.45, 2.75) is 0 Å². The van der Waals surface area contributed by atoms with Gasteiger partial charge in [-0.15, -0.1) is 0 Å². The Kier molecular flexibility index (Phi) is 3.96. The predicted molar refractivity (Wildman–Crippen MR) is 75.5 cm³/mol. The normalized spacial score (nSPS) is 10.2. The van der Waals surface area contributed by atoms with Gasteiger partial charge in [0.2, 0.25) is 0 Å². The van der Waals surface area contributed by atoms with Gasteiger partial charge in [0, 0.05) is 9.13 Å². The molecule has 2 aromatic carbocycles. The van der Waals surface area contributed by atoms with Crippen LogP contribution in [0.3, 0.4) is 0 Å².